The number of rotatable bonds is 7. The molecule has 0 amide bonds. The van der Waals surface area contributed by atoms with Crippen LogP contribution in [-0.4, -0.2) is 21.2 Å². The van der Waals surface area contributed by atoms with Crippen LogP contribution >= 0.6 is 23.1 Å². The lowest BCUT2D eigenvalue weighted by Crippen LogP contribution is -1.96. The Morgan fingerprint density at radius 3 is 2.29 bits per heavy atom. The topological polar surface area (TPSA) is 88.6 Å². The number of thioether (sulfide) groups is 1. The molecule has 0 unspecified atom stereocenters. The lowest BCUT2D eigenvalue weighted by molar-refractivity contribution is -0.385. The van der Waals surface area contributed by atoms with Gasteiger partial charge in [-0.2, -0.15) is 0 Å². The number of aliphatic imine (C=N–C) groups is 1. The lowest BCUT2D eigenvalue weighted by atomic mass is 10.0. The van der Waals surface area contributed by atoms with Crippen molar-refractivity contribution in [3.05, 3.63) is 124 Å². The van der Waals surface area contributed by atoms with E-state index in [9.17, 15) is 15.2 Å². The van der Waals surface area contributed by atoms with Gasteiger partial charge in [-0.05, 0) is 47.0 Å². The first-order valence-corrected chi connectivity index (χ1v) is 12.4. The first-order valence-electron chi connectivity index (χ1n) is 10.8. The average Bonchev–Trinajstić information content (AvgIpc) is 3.29. The summed E-state index contributed by atoms with van der Waals surface area (Å²) in [6.45, 7) is 0. The van der Waals surface area contributed by atoms with Crippen LogP contribution in [0.15, 0.2) is 106 Å². The number of aromatic hydroxyl groups is 1. The summed E-state index contributed by atoms with van der Waals surface area (Å²) in [5.74, 6) is -0.368. The number of hydrogen-bond donors (Lipinski definition) is 1. The second-order valence-electron chi connectivity index (χ2n) is 7.71. The maximum Gasteiger partial charge on any atom is 0.311 e. The van der Waals surface area contributed by atoms with Crippen molar-refractivity contribution in [1.29, 1.82) is 0 Å². The van der Waals surface area contributed by atoms with E-state index in [1.165, 1.54) is 23.3 Å². The van der Waals surface area contributed by atoms with Crippen LogP contribution in [0.3, 0.4) is 0 Å². The van der Waals surface area contributed by atoms with Gasteiger partial charge in [-0.25, -0.2) is 4.98 Å². The number of thiazole rings is 1. The molecule has 0 spiro atoms. The Balaban J connectivity index is 1.41. The van der Waals surface area contributed by atoms with Gasteiger partial charge < -0.3 is 5.11 Å². The SMILES string of the molecule is O=[N+]([O-])c1cc(C=Nc2ccc3nc(SC(c4ccccc4)c4ccccc4)sc3c2)ccc1O. The van der Waals surface area contributed by atoms with Crippen molar-refractivity contribution in [3.63, 3.8) is 0 Å². The first kappa shape index (κ1) is 22.8. The largest absolute Gasteiger partial charge is 0.502 e. The molecule has 0 saturated heterocycles. The Kier molecular flexibility index (Phi) is 6.56. The molecule has 0 aliphatic heterocycles. The fraction of sp³-hybridized carbons (Fsp3) is 0.0370. The molecule has 1 aromatic heterocycles. The zero-order valence-corrected chi connectivity index (χ0v) is 19.9. The summed E-state index contributed by atoms with van der Waals surface area (Å²) < 4.78 is 1.98. The molecule has 172 valence electrons. The van der Waals surface area contributed by atoms with Crippen molar-refractivity contribution < 1.29 is 10.0 Å². The van der Waals surface area contributed by atoms with E-state index in [1.807, 2.05) is 30.3 Å². The smallest absolute Gasteiger partial charge is 0.311 e. The van der Waals surface area contributed by atoms with Crippen LogP contribution in [0, 0.1) is 10.1 Å². The fourth-order valence-electron chi connectivity index (χ4n) is 3.62. The minimum atomic E-state index is -0.618. The summed E-state index contributed by atoms with van der Waals surface area (Å²) in [7, 11) is 0. The summed E-state index contributed by atoms with van der Waals surface area (Å²) in [4.78, 5) is 19.7. The maximum absolute atomic E-state index is 11.0. The Hall–Kier alpha value is -4.01. The quantitative estimate of drug-likeness (QED) is 0.109. The highest BCUT2D eigenvalue weighted by Crippen LogP contribution is 2.43. The molecule has 5 rings (SSSR count). The number of hydrogen-bond acceptors (Lipinski definition) is 7. The highest BCUT2D eigenvalue weighted by molar-refractivity contribution is 8.01. The molecule has 5 aromatic rings. The molecule has 1 N–H and O–H groups in total. The van der Waals surface area contributed by atoms with Gasteiger partial charge in [-0.3, -0.25) is 15.1 Å². The van der Waals surface area contributed by atoms with Gasteiger partial charge in [-0.15, -0.1) is 11.3 Å². The first-order chi connectivity index (χ1) is 17.1. The minimum Gasteiger partial charge on any atom is -0.502 e. The summed E-state index contributed by atoms with van der Waals surface area (Å²) in [5, 5.41) is 20.8. The van der Waals surface area contributed by atoms with Crippen LogP contribution in [0.1, 0.15) is 21.9 Å². The van der Waals surface area contributed by atoms with Gasteiger partial charge in [0.05, 0.1) is 26.1 Å². The molecule has 0 radical (unpaired) electrons. The molecule has 8 heteroatoms. The number of benzene rings is 4. The highest BCUT2D eigenvalue weighted by atomic mass is 32.2. The van der Waals surface area contributed by atoms with Crippen LogP contribution in [0.25, 0.3) is 10.2 Å². The van der Waals surface area contributed by atoms with Crippen molar-refractivity contribution in [3.8, 4) is 5.75 Å². The third-order valence-electron chi connectivity index (χ3n) is 5.33. The van der Waals surface area contributed by atoms with Crippen molar-refractivity contribution in [1.82, 2.24) is 4.98 Å². The van der Waals surface area contributed by atoms with Crippen LogP contribution in [0.4, 0.5) is 11.4 Å². The number of nitro benzene ring substituents is 1. The Bertz CT molecular complexity index is 1480. The third kappa shape index (κ3) is 5.24. The number of nitrogens with zero attached hydrogens (tertiary/aromatic N) is 3. The predicted octanol–water partition coefficient (Wildman–Crippen LogP) is 7.54. The second kappa shape index (κ2) is 10.1. The number of phenols is 1. The summed E-state index contributed by atoms with van der Waals surface area (Å²) in [5.41, 5.74) is 4.24. The van der Waals surface area contributed by atoms with Gasteiger partial charge in [0.15, 0.2) is 10.1 Å². The molecular weight excluding hydrogens is 478 g/mol. The number of phenolic OH excluding ortho intramolecular Hbond substituents is 1. The van der Waals surface area contributed by atoms with E-state index in [1.54, 1.807) is 35.4 Å². The van der Waals surface area contributed by atoms with E-state index in [2.05, 4.69) is 53.5 Å². The van der Waals surface area contributed by atoms with E-state index in [-0.39, 0.29) is 16.7 Å². The number of fused-ring (bicyclic) bond motifs is 1. The molecule has 0 aliphatic rings. The summed E-state index contributed by atoms with van der Waals surface area (Å²) in [6, 6.07) is 30.7. The van der Waals surface area contributed by atoms with Gasteiger partial charge in [0.25, 0.3) is 0 Å². The molecule has 0 saturated carbocycles. The maximum atomic E-state index is 11.0. The van der Waals surface area contributed by atoms with E-state index in [0.29, 0.717) is 5.56 Å². The predicted molar refractivity (Wildman–Crippen MR) is 142 cm³/mol. The van der Waals surface area contributed by atoms with Crippen molar-refractivity contribution >= 4 is 50.9 Å². The van der Waals surface area contributed by atoms with Crippen LogP contribution in [0.5, 0.6) is 5.75 Å². The van der Waals surface area contributed by atoms with E-state index < -0.39 is 4.92 Å². The van der Waals surface area contributed by atoms with Crippen LogP contribution < -0.4 is 0 Å². The average molecular weight is 498 g/mol. The Morgan fingerprint density at radius 2 is 1.63 bits per heavy atom. The second-order valence-corrected chi connectivity index (χ2v) is 10.1. The minimum absolute atomic E-state index is 0.126. The van der Waals surface area contributed by atoms with Crippen LogP contribution in [-0.2, 0) is 0 Å². The molecule has 35 heavy (non-hydrogen) atoms. The molecular formula is C27H19N3O3S2. The molecule has 0 bridgehead atoms. The normalized spacial score (nSPS) is 11.5. The Morgan fingerprint density at radius 1 is 0.943 bits per heavy atom. The standard InChI is InChI=1S/C27H19N3O3S2/c31-24-14-11-18(15-23(24)30(32)33)17-28-21-12-13-22-25(16-21)34-27(29-22)35-26(19-7-3-1-4-8-19)20-9-5-2-6-10-20/h1-17,26,31H. The molecule has 0 aliphatic carbocycles. The van der Waals surface area contributed by atoms with E-state index >= 15 is 0 Å². The highest BCUT2D eigenvalue weighted by Gasteiger charge is 2.18. The van der Waals surface area contributed by atoms with Crippen molar-refractivity contribution in [2.75, 3.05) is 0 Å². The third-order valence-corrected chi connectivity index (χ3v) is 7.76. The number of aromatic nitrogens is 1. The Labute approximate surface area is 209 Å². The van der Waals surface area contributed by atoms with Gasteiger partial charge in [-0.1, -0.05) is 72.4 Å². The zero-order valence-electron chi connectivity index (χ0n) is 18.3. The van der Waals surface area contributed by atoms with Gasteiger partial charge in [0.2, 0.25) is 0 Å². The summed E-state index contributed by atoms with van der Waals surface area (Å²) >= 11 is 3.34. The van der Waals surface area contributed by atoms with Gasteiger partial charge >= 0.3 is 5.69 Å². The molecule has 0 atom stereocenters. The lowest BCUT2D eigenvalue weighted by Gasteiger charge is -2.16. The monoisotopic (exact) mass is 497 g/mol. The van der Waals surface area contributed by atoms with E-state index in [4.69, 9.17) is 4.98 Å². The van der Waals surface area contributed by atoms with Gasteiger partial charge in [0.1, 0.15) is 0 Å². The molecule has 1 heterocycles. The fourth-order valence-corrected chi connectivity index (χ4v) is 6.04. The van der Waals surface area contributed by atoms with Crippen LogP contribution in [0.2, 0.25) is 0 Å². The molecule has 4 aromatic carbocycles. The van der Waals surface area contributed by atoms with Gasteiger partial charge in [0, 0.05) is 12.3 Å². The zero-order chi connectivity index (χ0) is 24.2. The molecule has 0 fully saturated rings. The van der Waals surface area contributed by atoms with Crippen molar-refractivity contribution in [2.45, 2.75) is 9.59 Å². The van der Waals surface area contributed by atoms with E-state index in [0.717, 1.165) is 20.2 Å². The van der Waals surface area contributed by atoms with Crippen molar-refractivity contribution in [2.24, 2.45) is 4.99 Å². The molecule has 6 nitrogen and oxygen atoms in total. The number of nitro groups is 1. The summed E-state index contributed by atoms with van der Waals surface area (Å²) in [6.07, 6.45) is 1.55.